The zero-order valence-corrected chi connectivity index (χ0v) is 12.7. The number of aryl methyl sites for hydroxylation is 1. The van der Waals surface area contributed by atoms with E-state index in [4.69, 9.17) is 16.3 Å². The molecule has 0 aliphatic rings. The molecule has 0 aliphatic carbocycles. The van der Waals surface area contributed by atoms with Gasteiger partial charge in [0.2, 0.25) is 11.8 Å². The second-order valence-corrected chi connectivity index (χ2v) is 6.13. The Labute approximate surface area is 126 Å². The zero-order chi connectivity index (χ0) is 15.6. The summed E-state index contributed by atoms with van der Waals surface area (Å²) < 4.78 is 44.9. The van der Waals surface area contributed by atoms with Gasteiger partial charge < -0.3 is 4.74 Å². The van der Waals surface area contributed by atoms with Crippen LogP contribution in [0, 0.1) is 12.7 Å². The lowest BCUT2D eigenvalue weighted by molar-refractivity contribution is 0.397. The second-order valence-electron chi connectivity index (χ2n) is 4.10. The summed E-state index contributed by atoms with van der Waals surface area (Å²) in [5, 5.41) is -0.00994. The summed E-state index contributed by atoms with van der Waals surface area (Å²) in [6.45, 7) is 1.65. The molecule has 0 radical (unpaired) electrons. The second kappa shape index (κ2) is 5.82. The van der Waals surface area contributed by atoms with Crippen LogP contribution in [0.5, 0.6) is 5.88 Å². The van der Waals surface area contributed by atoms with Crippen molar-refractivity contribution < 1.29 is 17.5 Å². The predicted octanol–water partition coefficient (Wildman–Crippen LogP) is 2.39. The molecule has 1 heterocycles. The molecule has 0 saturated carbocycles. The highest BCUT2D eigenvalue weighted by Gasteiger charge is 2.21. The fraction of sp³-hybridized carbons (Fsp3) is 0.167. The Morgan fingerprint density at radius 1 is 1.29 bits per heavy atom. The van der Waals surface area contributed by atoms with Gasteiger partial charge in [0, 0.05) is 6.07 Å². The molecule has 1 aromatic carbocycles. The maximum Gasteiger partial charge on any atom is 0.267 e. The number of halogens is 2. The molecule has 0 spiro atoms. The Bertz CT molecular complexity index is 783. The van der Waals surface area contributed by atoms with Gasteiger partial charge in [-0.15, -0.1) is 0 Å². The zero-order valence-electron chi connectivity index (χ0n) is 11.1. The summed E-state index contributed by atoms with van der Waals surface area (Å²) in [6.07, 6.45) is 0. The normalized spacial score (nSPS) is 11.2. The molecule has 112 valence electrons. The van der Waals surface area contributed by atoms with Crippen molar-refractivity contribution >= 4 is 27.6 Å². The molecular formula is C12H11ClFN3O3S. The van der Waals surface area contributed by atoms with Crippen molar-refractivity contribution in [2.75, 3.05) is 11.8 Å². The first kappa shape index (κ1) is 15.5. The molecule has 0 amide bonds. The van der Waals surface area contributed by atoms with Crippen molar-refractivity contribution in [3.63, 3.8) is 0 Å². The average Bonchev–Trinajstić information content (AvgIpc) is 2.40. The molecule has 0 aliphatic heterocycles. The monoisotopic (exact) mass is 331 g/mol. The van der Waals surface area contributed by atoms with E-state index in [0.717, 1.165) is 6.07 Å². The van der Waals surface area contributed by atoms with E-state index in [9.17, 15) is 12.8 Å². The molecule has 6 nitrogen and oxygen atoms in total. The van der Waals surface area contributed by atoms with Crippen LogP contribution in [0.4, 0.5) is 10.3 Å². The lowest BCUT2D eigenvalue weighted by atomic mass is 10.2. The van der Waals surface area contributed by atoms with Crippen molar-refractivity contribution in [3.8, 4) is 5.88 Å². The molecule has 9 heteroatoms. The van der Waals surface area contributed by atoms with Gasteiger partial charge in [-0.3, -0.25) is 0 Å². The summed E-state index contributed by atoms with van der Waals surface area (Å²) >= 11 is 5.72. The number of methoxy groups -OCH3 is 1. The van der Waals surface area contributed by atoms with Gasteiger partial charge in [-0.1, -0.05) is 17.7 Å². The van der Waals surface area contributed by atoms with Crippen LogP contribution in [-0.2, 0) is 10.0 Å². The lowest BCUT2D eigenvalue weighted by Crippen LogP contribution is -2.17. The number of benzene rings is 1. The first-order chi connectivity index (χ1) is 9.81. The van der Waals surface area contributed by atoms with Crippen molar-refractivity contribution in [1.29, 1.82) is 0 Å². The molecule has 0 atom stereocenters. The molecule has 1 N–H and O–H groups in total. The highest BCUT2D eigenvalue weighted by Crippen LogP contribution is 2.21. The van der Waals surface area contributed by atoms with Crippen LogP contribution in [0.3, 0.4) is 0 Å². The topological polar surface area (TPSA) is 81.2 Å². The fourth-order valence-electron chi connectivity index (χ4n) is 1.54. The number of hydrogen-bond donors (Lipinski definition) is 1. The van der Waals surface area contributed by atoms with E-state index in [1.165, 1.54) is 25.3 Å². The largest absolute Gasteiger partial charge is 0.481 e. The van der Waals surface area contributed by atoms with E-state index in [1.54, 1.807) is 6.92 Å². The minimum absolute atomic E-state index is 0.00994. The van der Waals surface area contributed by atoms with Gasteiger partial charge in [-0.2, -0.15) is 4.98 Å². The van der Waals surface area contributed by atoms with Crippen LogP contribution in [-0.4, -0.2) is 25.5 Å². The number of anilines is 1. The Morgan fingerprint density at radius 2 is 2.00 bits per heavy atom. The van der Waals surface area contributed by atoms with E-state index in [-0.39, 0.29) is 17.0 Å². The quantitative estimate of drug-likeness (QED) is 0.870. The van der Waals surface area contributed by atoms with E-state index >= 15 is 0 Å². The van der Waals surface area contributed by atoms with Crippen LogP contribution in [0.25, 0.3) is 0 Å². The van der Waals surface area contributed by atoms with E-state index in [2.05, 4.69) is 14.7 Å². The number of sulfonamides is 1. The summed E-state index contributed by atoms with van der Waals surface area (Å²) in [7, 11) is -2.83. The van der Waals surface area contributed by atoms with Crippen molar-refractivity contribution in [1.82, 2.24) is 9.97 Å². The SMILES string of the molecule is COc1cc(Cl)nc(NS(=O)(=O)c2cc(C)ccc2F)n1. The van der Waals surface area contributed by atoms with Gasteiger partial charge in [-0.05, 0) is 24.6 Å². The Kier molecular flexibility index (Phi) is 4.29. The number of ether oxygens (including phenoxy) is 1. The highest BCUT2D eigenvalue weighted by atomic mass is 35.5. The Morgan fingerprint density at radius 3 is 2.67 bits per heavy atom. The van der Waals surface area contributed by atoms with Crippen LogP contribution in [0.15, 0.2) is 29.2 Å². The van der Waals surface area contributed by atoms with E-state index in [1.807, 2.05) is 0 Å². The summed E-state index contributed by atoms with van der Waals surface area (Å²) in [5.41, 5.74) is 0.598. The van der Waals surface area contributed by atoms with Crippen molar-refractivity contribution in [2.24, 2.45) is 0 Å². The Balaban J connectivity index is 2.42. The number of nitrogens with zero attached hydrogens (tertiary/aromatic N) is 2. The first-order valence-electron chi connectivity index (χ1n) is 5.69. The molecule has 1 aromatic heterocycles. The molecule has 0 bridgehead atoms. The van der Waals surface area contributed by atoms with Crippen molar-refractivity contribution in [2.45, 2.75) is 11.8 Å². The standard InChI is InChI=1S/C12H11ClFN3O3S/c1-7-3-4-8(14)9(5-7)21(18,19)17-12-15-10(13)6-11(16-12)20-2/h3-6H,1-2H3,(H,15,16,17). The van der Waals surface area contributed by atoms with Gasteiger partial charge in [0.15, 0.2) is 0 Å². The number of nitrogens with one attached hydrogen (secondary N) is 1. The minimum Gasteiger partial charge on any atom is -0.481 e. The predicted molar refractivity (Wildman–Crippen MR) is 75.5 cm³/mol. The lowest BCUT2D eigenvalue weighted by Gasteiger charge is -2.09. The van der Waals surface area contributed by atoms with E-state index in [0.29, 0.717) is 5.56 Å². The van der Waals surface area contributed by atoms with Crippen LogP contribution in [0.2, 0.25) is 5.15 Å². The molecule has 21 heavy (non-hydrogen) atoms. The van der Waals surface area contributed by atoms with Gasteiger partial charge in [0.25, 0.3) is 10.0 Å². The smallest absolute Gasteiger partial charge is 0.267 e. The van der Waals surface area contributed by atoms with Gasteiger partial charge in [0.05, 0.1) is 7.11 Å². The average molecular weight is 332 g/mol. The number of rotatable bonds is 4. The van der Waals surface area contributed by atoms with Gasteiger partial charge in [0.1, 0.15) is 15.9 Å². The van der Waals surface area contributed by atoms with Crippen LogP contribution < -0.4 is 9.46 Å². The highest BCUT2D eigenvalue weighted by molar-refractivity contribution is 7.92. The van der Waals surface area contributed by atoms with Gasteiger partial charge in [-0.25, -0.2) is 22.5 Å². The first-order valence-corrected chi connectivity index (χ1v) is 7.55. The molecule has 2 aromatic rings. The maximum absolute atomic E-state index is 13.7. The Hall–Kier alpha value is -1.93. The molecule has 0 saturated heterocycles. The number of hydrogen-bond acceptors (Lipinski definition) is 5. The third kappa shape index (κ3) is 3.59. The minimum atomic E-state index is -4.17. The molecule has 0 unspecified atom stereocenters. The van der Waals surface area contributed by atoms with E-state index < -0.39 is 20.7 Å². The van der Waals surface area contributed by atoms with Crippen LogP contribution in [0.1, 0.15) is 5.56 Å². The summed E-state index contributed by atoms with van der Waals surface area (Å²) in [6, 6.07) is 5.06. The van der Waals surface area contributed by atoms with Gasteiger partial charge >= 0.3 is 0 Å². The molecule has 0 fully saturated rings. The molecule has 2 rings (SSSR count). The van der Waals surface area contributed by atoms with Crippen molar-refractivity contribution in [3.05, 3.63) is 40.8 Å². The van der Waals surface area contributed by atoms with Crippen LogP contribution >= 0.6 is 11.6 Å². The summed E-state index contributed by atoms with van der Waals surface area (Å²) in [4.78, 5) is 7.00. The third-order valence-corrected chi connectivity index (χ3v) is 4.02. The fourth-order valence-corrected chi connectivity index (χ4v) is 2.82. The number of aromatic nitrogens is 2. The third-order valence-electron chi connectivity index (χ3n) is 2.48. The molecular weight excluding hydrogens is 321 g/mol. The summed E-state index contributed by atoms with van der Waals surface area (Å²) in [5.74, 6) is -1.10. The maximum atomic E-state index is 13.7.